The molecule has 6 heteroatoms. The number of hydrogen-bond acceptors (Lipinski definition) is 4. The minimum atomic E-state index is 0.155. The van der Waals surface area contributed by atoms with Crippen LogP contribution in [0.1, 0.15) is 31.9 Å². The van der Waals surface area contributed by atoms with Gasteiger partial charge in [0.15, 0.2) is 5.96 Å². The van der Waals surface area contributed by atoms with Crippen LogP contribution in [0.4, 0.5) is 0 Å². The van der Waals surface area contributed by atoms with Crippen molar-refractivity contribution in [2.75, 3.05) is 39.5 Å². The van der Waals surface area contributed by atoms with Crippen molar-refractivity contribution < 1.29 is 14.6 Å². The standard InChI is InChI=1S/C19H33N3O3/c1-5-20-19(21-12-16(4)14-23)22-13-17-8-7-15(3)11-18(17)25-10-9-24-6-2/h7-8,11,16,23H,5-6,9-10,12-14H2,1-4H3,(H2,20,21,22). The molecule has 0 fully saturated rings. The third-order valence-corrected chi connectivity index (χ3v) is 3.59. The van der Waals surface area contributed by atoms with E-state index >= 15 is 0 Å². The highest BCUT2D eigenvalue weighted by molar-refractivity contribution is 5.79. The van der Waals surface area contributed by atoms with E-state index in [9.17, 15) is 0 Å². The van der Waals surface area contributed by atoms with Crippen LogP contribution in [-0.2, 0) is 11.3 Å². The largest absolute Gasteiger partial charge is 0.491 e. The van der Waals surface area contributed by atoms with Gasteiger partial charge in [0, 0.05) is 31.9 Å². The van der Waals surface area contributed by atoms with Crippen molar-refractivity contribution in [3.05, 3.63) is 29.3 Å². The smallest absolute Gasteiger partial charge is 0.191 e. The second-order valence-corrected chi connectivity index (χ2v) is 6.02. The average Bonchev–Trinajstić information content (AvgIpc) is 2.61. The Morgan fingerprint density at radius 2 is 2.04 bits per heavy atom. The molecule has 142 valence electrons. The molecule has 0 heterocycles. The van der Waals surface area contributed by atoms with Crippen LogP contribution in [0.5, 0.6) is 5.75 Å². The van der Waals surface area contributed by atoms with Crippen molar-refractivity contribution in [1.82, 2.24) is 10.6 Å². The molecule has 0 aromatic heterocycles. The van der Waals surface area contributed by atoms with Crippen LogP contribution in [-0.4, -0.2) is 50.6 Å². The first-order valence-corrected chi connectivity index (χ1v) is 9.03. The first-order valence-electron chi connectivity index (χ1n) is 9.03. The van der Waals surface area contributed by atoms with Crippen LogP contribution < -0.4 is 15.4 Å². The molecule has 1 unspecified atom stereocenters. The predicted molar refractivity (Wildman–Crippen MR) is 102 cm³/mol. The number of aliphatic hydroxyl groups excluding tert-OH is 1. The molecule has 1 aromatic carbocycles. The summed E-state index contributed by atoms with van der Waals surface area (Å²) in [6.07, 6.45) is 0. The minimum Gasteiger partial charge on any atom is -0.491 e. The molecule has 0 bridgehead atoms. The molecule has 0 spiro atoms. The highest BCUT2D eigenvalue weighted by atomic mass is 16.5. The Labute approximate surface area is 151 Å². The number of nitrogens with one attached hydrogen (secondary N) is 2. The maximum Gasteiger partial charge on any atom is 0.191 e. The van der Waals surface area contributed by atoms with E-state index < -0.39 is 0 Å². The first-order chi connectivity index (χ1) is 12.1. The Hall–Kier alpha value is -1.79. The number of hydrogen-bond donors (Lipinski definition) is 3. The molecular weight excluding hydrogens is 318 g/mol. The van der Waals surface area contributed by atoms with Crippen LogP contribution in [0.15, 0.2) is 23.2 Å². The van der Waals surface area contributed by atoms with Gasteiger partial charge in [-0.25, -0.2) is 4.99 Å². The van der Waals surface area contributed by atoms with Gasteiger partial charge in [0.25, 0.3) is 0 Å². The van der Waals surface area contributed by atoms with Gasteiger partial charge in [-0.1, -0.05) is 19.1 Å². The molecule has 3 N–H and O–H groups in total. The molecule has 1 atom stereocenters. The number of aliphatic imine (C=N–C) groups is 1. The Morgan fingerprint density at radius 1 is 1.24 bits per heavy atom. The van der Waals surface area contributed by atoms with E-state index in [1.54, 1.807) is 0 Å². The lowest BCUT2D eigenvalue weighted by Gasteiger charge is -2.15. The monoisotopic (exact) mass is 351 g/mol. The van der Waals surface area contributed by atoms with Gasteiger partial charge in [-0.3, -0.25) is 0 Å². The van der Waals surface area contributed by atoms with E-state index in [1.165, 1.54) is 0 Å². The first kappa shape index (κ1) is 21.3. The number of benzene rings is 1. The van der Waals surface area contributed by atoms with E-state index in [4.69, 9.17) is 14.6 Å². The summed E-state index contributed by atoms with van der Waals surface area (Å²) in [6, 6.07) is 6.15. The highest BCUT2D eigenvalue weighted by Crippen LogP contribution is 2.21. The van der Waals surface area contributed by atoms with Crippen LogP contribution in [0.2, 0.25) is 0 Å². The fraction of sp³-hybridized carbons (Fsp3) is 0.632. The van der Waals surface area contributed by atoms with Gasteiger partial charge in [0.1, 0.15) is 12.4 Å². The van der Waals surface area contributed by atoms with Gasteiger partial charge < -0.3 is 25.2 Å². The predicted octanol–water partition coefficient (Wildman–Crippen LogP) is 2.09. The summed E-state index contributed by atoms with van der Waals surface area (Å²) in [5.74, 6) is 1.77. The summed E-state index contributed by atoms with van der Waals surface area (Å²) in [7, 11) is 0. The van der Waals surface area contributed by atoms with Crippen LogP contribution in [0, 0.1) is 12.8 Å². The topological polar surface area (TPSA) is 75.1 Å². The maximum absolute atomic E-state index is 9.14. The number of ether oxygens (including phenoxy) is 2. The highest BCUT2D eigenvalue weighted by Gasteiger charge is 2.06. The fourth-order valence-electron chi connectivity index (χ4n) is 2.12. The van der Waals surface area contributed by atoms with Gasteiger partial charge >= 0.3 is 0 Å². The number of rotatable bonds is 11. The van der Waals surface area contributed by atoms with E-state index in [0.717, 1.165) is 29.4 Å². The zero-order valence-corrected chi connectivity index (χ0v) is 16.0. The Balaban J connectivity index is 2.73. The summed E-state index contributed by atoms with van der Waals surface area (Å²) >= 11 is 0. The van der Waals surface area contributed by atoms with Crippen LogP contribution >= 0.6 is 0 Å². The SMILES string of the molecule is CCNC(=NCc1ccc(C)cc1OCCOCC)NCC(C)CO. The number of nitrogens with zero attached hydrogens (tertiary/aromatic N) is 1. The third-order valence-electron chi connectivity index (χ3n) is 3.59. The van der Waals surface area contributed by atoms with Crippen molar-refractivity contribution in [2.24, 2.45) is 10.9 Å². The van der Waals surface area contributed by atoms with Crippen molar-refractivity contribution in [3.8, 4) is 5.75 Å². The van der Waals surface area contributed by atoms with Crippen LogP contribution in [0.25, 0.3) is 0 Å². The van der Waals surface area contributed by atoms with E-state index in [0.29, 0.717) is 32.9 Å². The maximum atomic E-state index is 9.14. The van der Waals surface area contributed by atoms with Crippen molar-refractivity contribution in [2.45, 2.75) is 34.2 Å². The molecule has 0 aliphatic heterocycles. The van der Waals surface area contributed by atoms with Gasteiger partial charge in [-0.15, -0.1) is 0 Å². The molecule has 0 saturated carbocycles. The van der Waals surface area contributed by atoms with E-state index in [1.807, 2.05) is 33.8 Å². The summed E-state index contributed by atoms with van der Waals surface area (Å²) < 4.78 is 11.2. The summed E-state index contributed by atoms with van der Waals surface area (Å²) in [4.78, 5) is 4.63. The van der Waals surface area contributed by atoms with Crippen molar-refractivity contribution in [1.29, 1.82) is 0 Å². The molecule has 1 rings (SSSR count). The minimum absolute atomic E-state index is 0.155. The lowest BCUT2D eigenvalue weighted by molar-refractivity contribution is 0.110. The van der Waals surface area contributed by atoms with Gasteiger partial charge in [0.2, 0.25) is 0 Å². The van der Waals surface area contributed by atoms with E-state index in [-0.39, 0.29) is 12.5 Å². The van der Waals surface area contributed by atoms with Gasteiger partial charge in [-0.2, -0.15) is 0 Å². The molecule has 1 aromatic rings. The lowest BCUT2D eigenvalue weighted by Crippen LogP contribution is -2.39. The number of aliphatic hydroxyl groups is 1. The molecule has 25 heavy (non-hydrogen) atoms. The third kappa shape index (κ3) is 8.74. The Morgan fingerprint density at radius 3 is 2.72 bits per heavy atom. The summed E-state index contributed by atoms with van der Waals surface area (Å²) in [5.41, 5.74) is 2.19. The van der Waals surface area contributed by atoms with Crippen molar-refractivity contribution >= 4 is 5.96 Å². The quantitative estimate of drug-likeness (QED) is 0.323. The molecule has 0 radical (unpaired) electrons. The Kier molecular flexibility index (Phi) is 10.7. The summed E-state index contributed by atoms with van der Waals surface area (Å²) in [6.45, 7) is 12.0. The Bertz CT molecular complexity index is 521. The second-order valence-electron chi connectivity index (χ2n) is 6.02. The van der Waals surface area contributed by atoms with Crippen molar-refractivity contribution in [3.63, 3.8) is 0 Å². The normalized spacial score (nSPS) is 12.8. The van der Waals surface area contributed by atoms with Gasteiger partial charge in [-0.05, 0) is 38.3 Å². The van der Waals surface area contributed by atoms with Crippen LogP contribution in [0.3, 0.4) is 0 Å². The van der Waals surface area contributed by atoms with E-state index in [2.05, 4.69) is 27.8 Å². The number of aryl methyl sites for hydroxylation is 1. The molecule has 0 amide bonds. The molecular formula is C19H33N3O3. The second kappa shape index (κ2) is 12.6. The fourth-order valence-corrected chi connectivity index (χ4v) is 2.12. The zero-order chi connectivity index (χ0) is 18.5. The summed E-state index contributed by atoms with van der Waals surface area (Å²) in [5, 5.41) is 15.6. The molecule has 0 aliphatic rings. The molecule has 6 nitrogen and oxygen atoms in total. The lowest BCUT2D eigenvalue weighted by atomic mass is 10.1. The molecule has 0 saturated heterocycles. The zero-order valence-electron chi connectivity index (χ0n) is 16.0. The average molecular weight is 351 g/mol. The number of guanidine groups is 1. The molecule has 0 aliphatic carbocycles. The van der Waals surface area contributed by atoms with Gasteiger partial charge in [0.05, 0.1) is 13.2 Å².